The molecular formula is C19H25N3S. The number of nitrogens with zero attached hydrogens (tertiary/aromatic N) is 1. The number of benzene rings is 1. The van der Waals surface area contributed by atoms with Gasteiger partial charge in [0.2, 0.25) is 0 Å². The normalized spacial score (nSPS) is 27.0. The smallest absolute Gasteiger partial charge is 0.107 e. The fourth-order valence-corrected chi connectivity index (χ4v) is 4.85. The van der Waals surface area contributed by atoms with Gasteiger partial charge in [-0.25, -0.2) is 4.98 Å². The van der Waals surface area contributed by atoms with Crippen LogP contribution in [0.4, 0.5) is 0 Å². The lowest BCUT2D eigenvalue weighted by molar-refractivity contribution is 0.325. The van der Waals surface area contributed by atoms with E-state index in [9.17, 15) is 0 Å². The number of nitrogens with one attached hydrogen (secondary N) is 2. The molecule has 1 aromatic carbocycles. The molecule has 0 radical (unpaired) electrons. The molecule has 3 unspecified atom stereocenters. The molecule has 4 rings (SSSR count). The molecule has 23 heavy (non-hydrogen) atoms. The van der Waals surface area contributed by atoms with E-state index in [1.54, 1.807) is 11.3 Å². The molecule has 1 saturated heterocycles. The molecule has 3 nitrogen and oxygen atoms in total. The fraction of sp³-hybridized carbons (Fsp3) is 0.526. The van der Waals surface area contributed by atoms with Gasteiger partial charge in [-0.15, -0.1) is 11.3 Å². The van der Waals surface area contributed by atoms with Crippen molar-refractivity contribution in [1.82, 2.24) is 15.6 Å². The van der Waals surface area contributed by atoms with Crippen molar-refractivity contribution in [2.45, 2.75) is 50.7 Å². The summed E-state index contributed by atoms with van der Waals surface area (Å²) >= 11 is 1.75. The van der Waals surface area contributed by atoms with Crippen LogP contribution in [0.15, 0.2) is 35.7 Å². The molecule has 1 aromatic heterocycles. The van der Waals surface area contributed by atoms with Gasteiger partial charge in [-0.05, 0) is 25.2 Å². The highest BCUT2D eigenvalue weighted by molar-refractivity contribution is 7.09. The zero-order chi connectivity index (χ0) is 15.5. The van der Waals surface area contributed by atoms with Gasteiger partial charge in [0.05, 0.1) is 5.69 Å². The van der Waals surface area contributed by atoms with Crippen LogP contribution in [0.2, 0.25) is 0 Å². The van der Waals surface area contributed by atoms with Crippen LogP contribution in [0.3, 0.4) is 0 Å². The zero-order valence-electron chi connectivity index (χ0n) is 13.5. The third kappa shape index (κ3) is 3.65. The lowest BCUT2D eigenvalue weighted by atomic mass is 9.85. The second kappa shape index (κ2) is 7.12. The van der Waals surface area contributed by atoms with Gasteiger partial charge in [0, 0.05) is 36.1 Å². The van der Waals surface area contributed by atoms with Gasteiger partial charge < -0.3 is 10.6 Å². The van der Waals surface area contributed by atoms with Crippen LogP contribution >= 0.6 is 11.3 Å². The van der Waals surface area contributed by atoms with Crippen LogP contribution < -0.4 is 10.6 Å². The SMILES string of the molecule is c1ccc(-c2csc(CNCC3CC4CCCCC4N3)n2)cc1. The van der Waals surface area contributed by atoms with E-state index in [1.165, 1.54) is 42.7 Å². The van der Waals surface area contributed by atoms with Gasteiger partial charge in [0.1, 0.15) is 5.01 Å². The Bertz CT molecular complexity index is 611. The number of hydrogen-bond donors (Lipinski definition) is 2. The predicted molar refractivity (Wildman–Crippen MR) is 96.5 cm³/mol. The number of rotatable bonds is 5. The summed E-state index contributed by atoms with van der Waals surface area (Å²) in [6, 6.07) is 11.9. The Morgan fingerprint density at radius 2 is 2.04 bits per heavy atom. The molecule has 2 fully saturated rings. The molecule has 2 aliphatic rings. The van der Waals surface area contributed by atoms with Gasteiger partial charge in [-0.1, -0.05) is 43.2 Å². The van der Waals surface area contributed by atoms with Gasteiger partial charge in [0.25, 0.3) is 0 Å². The van der Waals surface area contributed by atoms with Crippen molar-refractivity contribution in [3.8, 4) is 11.3 Å². The molecule has 0 bridgehead atoms. The Labute approximate surface area is 142 Å². The molecule has 2 N–H and O–H groups in total. The van der Waals surface area contributed by atoms with Gasteiger partial charge in [-0.3, -0.25) is 0 Å². The predicted octanol–water partition coefficient (Wildman–Crippen LogP) is 3.82. The van der Waals surface area contributed by atoms with E-state index in [-0.39, 0.29) is 0 Å². The largest absolute Gasteiger partial charge is 0.310 e. The lowest BCUT2D eigenvalue weighted by Crippen LogP contribution is -2.38. The first-order chi connectivity index (χ1) is 11.4. The summed E-state index contributed by atoms with van der Waals surface area (Å²) in [5.74, 6) is 0.931. The monoisotopic (exact) mass is 327 g/mol. The summed E-state index contributed by atoms with van der Waals surface area (Å²) < 4.78 is 0. The first kappa shape index (κ1) is 15.3. The van der Waals surface area contributed by atoms with E-state index in [2.05, 4.69) is 40.3 Å². The van der Waals surface area contributed by atoms with Crippen molar-refractivity contribution in [2.75, 3.05) is 6.54 Å². The van der Waals surface area contributed by atoms with Gasteiger partial charge in [0.15, 0.2) is 0 Å². The van der Waals surface area contributed by atoms with Crippen LogP contribution in [-0.2, 0) is 6.54 Å². The highest BCUT2D eigenvalue weighted by atomic mass is 32.1. The van der Waals surface area contributed by atoms with E-state index >= 15 is 0 Å². The Hall–Kier alpha value is -1.23. The van der Waals surface area contributed by atoms with Crippen LogP contribution in [0.25, 0.3) is 11.3 Å². The van der Waals surface area contributed by atoms with Crippen LogP contribution in [0.5, 0.6) is 0 Å². The molecule has 122 valence electrons. The summed E-state index contributed by atoms with van der Waals surface area (Å²) in [7, 11) is 0. The number of thiazole rings is 1. The first-order valence-electron chi connectivity index (χ1n) is 8.85. The minimum absolute atomic E-state index is 0.650. The van der Waals surface area contributed by atoms with E-state index < -0.39 is 0 Å². The summed E-state index contributed by atoms with van der Waals surface area (Å²) in [5, 5.41) is 10.8. The molecule has 0 spiro atoms. The standard InChI is InChI=1S/C19H25N3S/c1-2-6-14(7-3-1)18-13-23-19(22-18)12-20-11-16-10-15-8-4-5-9-17(15)21-16/h1-3,6-7,13,15-17,20-21H,4-5,8-12H2. The van der Waals surface area contributed by atoms with E-state index in [0.717, 1.165) is 30.7 Å². The van der Waals surface area contributed by atoms with E-state index in [4.69, 9.17) is 4.98 Å². The van der Waals surface area contributed by atoms with E-state index in [1.807, 2.05) is 6.07 Å². The third-order valence-electron chi connectivity index (χ3n) is 5.23. The second-order valence-corrected chi connectivity index (χ2v) is 7.82. The van der Waals surface area contributed by atoms with Gasteiger partial charge >= 0.3 is 0 Å². The maximum atomic E-state index is 4.75. The highest BCUT2D eigenvalue weighted by Gasteiger charge is 2.34. The Kier molecular flexibility index (Phi) is 4.74. The second-order valence-electron chi connectivity index (χ2n) is 6.87. The molecule has 4 heteroatoms. The summed E-state index contributed by atoms with van der Waals surface area (Å²) in [5.41, 5.74) is 2.30. The van der Waals surface area contributed by atoms with Crippen LogP contribution in [-0.4, -0.2) is 23.6 Å². The molecule has 3 atom stereocenters. The number of hydrogen-bond acceptors (Lipinski definition) is 4. The van der Waals surface area contributed by atoms with Crippen LogP contribution in [0, 0.1) is 5.92 Å². The molecule has 1 aliphatic carbocycles. The summed E-state index contributed by atoms with van der Waals surface area (Å²) in [6.45, 7) is 1.94. The van der Waals surface area contributed by atoms with Crippen molar-refractivity contribution >= 4 is 11.3 Å². The molecule has 2 heterocycles. The number of fused-ring (bicyclic) bond motifs is 1. The molecule has 1 aliphatic heterocycles. The van der Waals surface area contributed by atoms with E-state index in [0.29, 0.717) is 6.04 Å². The average molecular weight is 327 g/mol. The summed E-state index contributed by atoms with van der Waals surface area (Å²) in [6.07, 6.45) is 7.01. The Balaban J connectivity index is 1.26. The van der Waals surface area contributed by atoms with Crippen molar-refractivity contribution in [3.63, 3.8) is 0 Å². The van der Waals surface area contributed by atoms with Crippen molar-refractivity contribution in [3.05, 3.63) is 40.7 Å². The molecule has 2 aromatic rings. The maximum Gasteiger partial charge on any atom is 0.107 e. The molecule has 0 amide bonds. The summed E-state index contributed by atoms with van der Waals surface area (Å²) in [4.78, 5) is 4.75. The van der Waals surface area contributed by atoms with Gasteiger partial charge in [-0.2, -0.15) is 0 Å². The molecular weight excluding hydrogens is 302 g/mol. The fourth-order valence-electron chi connectivity index (χ4n) is 4.07. The minimum Gasteiger partial charge on any atom is -0.310 e. The van der Waals surface area contributed by atoms with Crippen molar-refractivity contribution < 1.29 is 0 Å². The van der Waals surface area contributed by atoms with Crippen molar-refractivity contribution in [2.24, 2.45) is 5.92 Å². The highest BCUT2D eigenvalue weighted by Crippen LogP contribution is 2.33. The lowest BCUT2D eigenvalue weighted by Gasteiger charge is -2.24. The minimum atomic E-state index is 0.650. The maximum absolute atomic E-state index is 4.75. The Morgan fingerprint density at radius 3 is 2.91 bits per heavy atom. The third-order valence-corrected chi connectivity index (χ3v) is 6.08. The average Bonchev–Trinajstić information content (AvgIpc) is 3.22. The topological polar surface area (TPSA) is 37.0 Å². The number of aromatic nitrogens is 1. The van der Waals surface area contributed by atoms with Crippen molar-refractivity contribution in [1.29, 1.82) is 0 Å². The zero-order valence-corrected chi connectivity index (χ0v) is 14.3. The van der Waals surface area contributed by atoms with Crippen LogP contribution in [0.1, 0.15) is 37.1 Å². The Morgan fingerprint density at radius 1 is 1.17 bits per heavy atom. The first-order valence-corrected chi connectivity index (χ1v) is 9.73. The molecule has 1 saturated carbocycles. The quantitative estimate of drug-likeness (QED) is 0.876.